The van der Waals surface area contributed by atoms with Gasteiger partial charge in [-0.15, -0.1) is 0 Å². The molecule has 2 atom stereocenters. The molecule has 3 aliphatic heterocycles. The van der Waals surface area contributed by atoms with Crippen LogP contribution in [0.2, 0.25) is 0 Å². The average molecular weight is 613 g/mol. The van der Waals surface area contributed by atoms with Gasteiger partial charge in [-0.1, -0.05) is 0 Å². The van der Waals surface area contributed by atoms with Crippen LogP contribution in [-0.4, -0.2) is 104 Å². The highest BCUT2D eigenvalue weighted by molar-refractivity contribution is 7.91. The molecular weight excluding hydrogens is 584 g/mol. The number of ether oxygens (including phenoxy) is 1. The Morgan fingerprint density at radius 1 is 0.929 bits per heavy atom. The molecule has 15 heteroatoms. The molecule has 2 bridgehead atoms. The Morgan fingerprint density at radius 2 is 1.55 bits per heavy atom. The molecule has 0 aliphatic carbocycles. The van der Waals surface area contributed by atoms with Crippen LogP contribution in [0.25, 0.3) is 0 Å². The number of piperazine rings is 1. The first kappa shape index (κ1) is 29.8. The number of carbonyl (C=O) groups excluding carboxylic acids is 3. The molecule has 0 spiro atoms. The van der Waals surface area contributed by atoms with E-state index in [1.807, 2.05) is 0 Å². The summed E-state index contributed by atoms with van der Waals surface area (Å²) in [7, 11) is -3.23. The number of hydrogen-bond acceptors (Lipinski definition) is 6. The van der Waals surface area contributed by atoms with Crippen molar-refractivity contribution in [3.8, 4) is 0 Å². The largest absolute Gasteiger partial charge is 0.377 e. The number of amides is 4. The summed E-state index contributed by atoms with van der Waals surface area (Å²) in [6.07, 6.45) is 0. The van der Waals surface area contributed by atoms with Crippen molar-refractivity contribution in [1.29, 1.82) is 0 Å². The predicted molar refractivity (Wildman–Crippen MR) is 142 cm³/mol. The van der Waals surface area contributed by atoms with Crippen LogP contribution >= 0.6 is 0 Å². The van der Waals surface area contributed by atoms with Crippen LogP contribution in [0.5, 0.6) is 0 Å². The maximum atomic E-state index is 15.7. The van der Waals surface area contributed by atoms with Gasteiger partial charge in [0, 0.05) is 37.4 Å². The number of fused-ring (bicyclic) bond motifs is 2. The maximum absolute atomic E-state index is 15.7. The second-order valence-corrected chi connectivity index (χ2v) is 12.9. The normalized spacial score (nSPS) is 22.1. The second-order valence-electron chi connectivity index (χ2n) is 10.6. The quantitative estimate of drug-likeness (QED) is 0.531. The van der Waals surface area contributed by atoms with Gasteiger partial charge in [-0.3, -0.25) is 9.59 Å². The summed E-state index contributed by atoms with van der Waals surface area (Å²) >= 11 is 0. The van der Waals surface area contributed by atoms with Gasteiger partial charge in [0.1, 0.15) is 11.6 Å². The van der Waals surface area contributed by atoms with Gasteiger partial charge >= 0.3 is 12.0 Å². The van der Waals surface area contributed by atoms with E-state index in [1.54, 1.807) is 0 Å². The Hall–Kier alpha value is -3.72. The predicted octanol–water partition coefficient (Wildman–Crippen LogP) is 2.38. The Balaban J connectivity index is 1.33. The highest BCUT2D eigenvalue weighted by Crippen LogP contribution is 2.36. The number of hydrogen-bond donors (Lipinski definition) is 1. The third-order valence-corrected chi connectivity index (χ3v) is 9.25. The van der Waals surface area contributed by atoms with Crippen molar-refractivity contribution in [3.63, 3.8) is 0 Å². The number of benzene rings is 2. The lowest BCUT2D eigenvalue weighted by molar-refractivity contribution is -0.180. The zero-order valence-electron chi connectivity index (χ0n) is 22.5. The smallest absolute Gasteiger partial charge is 0.352 e. The molecule has 0 saturated carbocycles. The third kappa shape index (κ3) is 5.79. The van der Waals surface area contributed by atoms with E-state index >= 15 is 8.78 Å². The summed E-state index contributed by atoms with van der Waals surface area (Å²) in [5, 5.41) is 2.44. The van der Waals surface area contributed by atoms with Gasteiger partial charge in [0.05, 0.1) is 42.4 Å². The third-order valence-electron chi connectivity index (χ3n) is 7.64. The van der Waals surface area contributed by atoms with Crippen molar-refractivity contribution in [2.45, 2.75) is 24.9 Å². The summed E-state index contributed by atoms with van der Waals surface area (Å²) in [5.74, 6) is -9.17. The van der Waals surface area contributed by atoms with E-state index in [-0.39, 0.29) is 67.7 Å². The standard InChI is InChI=1S/C27H28F4N4O6S/c1-16-10-18(3-5-22(16)28)32-24(36)17-2-4-23(29)21(11-17)27(30,31)25(37)35-19-12-34(13-20(35)15-41-14-19)26(38)33-6-8-42(39,40)9-7-33/h2-5,10-11,19-20H,6-9,12-15H2,1H3,(H,32,36)/t19-,20+. The molecule has 0 unspecified atom stereocenters. The number of halogens is 4. The van der Waals surface area contributed by atoms with E-state index in [0.717, 1.165) is 17.0 Å². The van der Waals surface area contributed by atoms with Crippen LogP contribution in [-0.2, 0) is 25.3 Å². The number of carbonyl (C=O) groups is 3. The van der Waals surface area contributed by atoms with Gasteiger partial charge in [-0.25, -0.2) is 22.0 Å². The lowest BCUT2D eigenvalue weighted by atomic mass is 9.98. The minimum absolute atomic E-state index is 0.00811. The summed E-state index contributed by atoms with van der Waals surface area (Å²) in [6, 6.07) is 3.64. The summed E-state index contributed by atoms with van der Waals surface area (Å²) < 4.78 is 88.6. The molecule has 4 amide bonds. The van der Waals surface area contributed by atoms with E-state index in [9.17, 15) is 31.6 Å². The zero-order valence-corrected chi connectivity index (χ0v) is 23.3. The topological polar surface area (TPSA) is 116 Å². The van der Waals surface area contributed by atoms with Crippen molar-refractivity contribution >= 4 is 33.4 Å². The molecule has 3 heterocycles. The molecule has 3 saturated heterocycles. The average Bonchev–Trinajstić information content (AvgIpc) is 2.93. The molecular formula is C27H28F4N4O6S. The highest BCUT2D eigenvalue weighted by atomic mass is 32.2. The van der Waals surface area contributed by atoms with Crippen LogP contribution in [0, 0.1) is 18.6 Å². The molecule has 10 nitrogen and oxygen atoms in total. The Kier molecular flexibility index (Phi) is 7.91. The van der Waals surface area contributed by atoms with Crippen molar-refractivity contribution in [2.75, 3.05) is 56.2 Å². The van der Waals surface area contributed by atoms with Crippen molar-refractivity contribution < 1.29 is 45.1 Å². The molecule has 226 valence electrons. The number of morpholine rings is 1. The molecule has 0 radical (unpaired) electrons. The number of anilines is 1. The number of nitrogens with zero attached hydrogens (tertiary/aromatic N) is 3. The molecule has 3 fully saturated rings. The Morgan fingerprint density at radius 3 is 2.17 bits per heavy atom. The fourth-order valence-corrected chi connectivity index (χ4v) is 6.57. The zero-order chi connectivity index (χ0) is 30.4. The van der Waals surface area contributed by atoms with E-state index < -0.39 is 62.9 Å². The van der Waals surface area contributed by atoms with Crippen LogP contribution in [0.4, 0.5) is 28.0 Å². The minimum atomic E-state index is -4.37. The first-order valence-corrected chi connectivity index (χ1v) is 15.0. The number of rotatable bonds is 4. The van der Waals surface area contributed by atoms with Gasteiger partial charge in [-0.05, 0) is 48.9 Å². The van der Waals surface area contributed by atoms with Crippen LogP contribution < -0.4 is 5.32 Å². The first-order chi connectivity index (χ1) is 19.8. The molecule has 3 aliphatic rings. The summed E-state index contributed by atoms with van der Waals surface area (Å²) in [6.45, 7) is 0.938. The van der Waals surface area contributed by atoms with Crippen molar-refractivity contribution in [3.05, 3.63) is 64.7 Å². The molecule has 5 rings (SSSR count). The van der Waals surface area contributed by atoms with E-state index in [0.29, 0.717) is 12.1 Å². The number of sulfone groups is 1. The molecule has 1 N–H and O–H groups in total. The second kappa shape index (κ2) is 11.2. The fraction of sp³-hybridized carbons (Fsp3) is 0.444. The molecule has 2 aromatic rings. The SMILES string of the molecule is Cc1cc(NC(=O)c2ccc(F)c(C(F)(F)C(=O)N3[C@@H]4COC[C@H]3CN(C(=O)N3CCS(=O)(=O)CC3)C4)c2)ccc1F. The van der Waals surface area contributed by atoms with Crippen LogP contribution in [0.3, 0.4) is 0 Å². The summed E-state index contributed by atoms with van der Waals surface area (Å²) in [5.41, 5.74) is -1.20. The number of alkyl halides is 2. The van der Waals surface area contributed by atoms with Crippen LogP contribution in [0.15, 0.2) is 36.4 Å². The Bertz CT molecular complexity index is 1510. The van der Waals surface area contributed by atoms with E-state index in [4.69, 9.17) is 4.74 Å². The number of nitrogens with one attached hydrogen (secondary N) is 1. The van der Waals surface area contributed by atoms with Gasteiger partial charge < -0.3 is 24.8 Å². The van der Waals surface area contributed by atoms with Crippen molar-refractivity contribution in [1.82, 2.24) is 14.7 Å². The highest BCUT2D eigenvalue weighted by Gasteiger charge is 2.53. The Labute approximate surface area is 239 Å². The minimum Gasteiger partial charge on any atom is -0.377 e. The van der Waals surface area contributed by atoms with E-state index in [1.165, 1.54) is 28.9 Å². The first-order valence-electron chi connectivity index (χ1n) is 13.2. The number of urea groups is 1. The summed E-state index contributed by atoms with van der Waals surface area (Å²) in [4.78, 5) is 42.8. The monoisotopic (exact) mass is 612 g/mol. The number of aryl methyl sites for hydroxylation is 1. The van der Waals surface area contributed by atoms with Gasteiger partial charge in [0.15, 0.2) is 9.84 Å². The van der Waals surface area contributed by atoms with Gasteiger partial charge in [0.25, 0.3) is 11.8 Å². The fourth-order valence-electron chi connectivity index (χ4n) is 5.37. The molecule has 0 aromatic heterocycles. The molecule has 42 heavy (non-hydrogen) atoms. The van der Waals surface area contributed by atoms with E-state index in [2.05, 4.69) is 5.32 Å². The maximum Gasteiger partial charge on any atom is 0.352 e. The molecule has 2 aromatic carbocycles. The van der Waals surface area contributed by atoms with Gasteiger partial charge in [0.2, 0.25) is 0 Å². The van der Waals surface area contributed by atoms with Gasteiger partial charge in [-0.2, -0.15) is 8.78 Å². The van der Waals surface area contributed by atoms with Crippen molar-refractivity contribution in [2.24, 2.45) is 0 Å². The lowest BCUT2D eigenvalue weighted by Gasteiger charge is -2.51. The van der Waals surface area contributed by atoms with Crippen LogP contribution in [0.1, 0.15) is 21.5 Å². The lowest BCUT2D eigenvalue weighted by Crippen LogP contribution is -2.69.